The summed E-state index contributed by atoms with van der Waals surface area (Å²) in [6.07, 6.45) is 0.0688. The molecular formula is C24H23ClN2O5. The smallest absolute Gasteiger partial charge is 0.269 e. The van der Waals surface area contributed by atoms with Gasteiger partial charge in [0.2, 0.25) is 5.91 Å². The van der Waals surface area contributed by atoms with Crippen LogP contribution in [0.3, 0.4) is 0 Å². The van der Waals surface area contributed by atoms with Gasteiger partial charge in [0.15, 0.2) is 11.5 Å². The third-order valence-electron chi connectivity index (χ3n) is 4.41. The molecule has 0 fully saturated rings. The van der Waals surface area contributed by atoms with Gasteiger partial charge in [0.05, 0.1) is 20.1 Å². The number of hydrogen-bond acceptors (Lipinski definition) is 5. The van der Waals surface area contributed by atoms with E-state index in [0.717, 1.165) is 5.56 Å². The Morgan fingerprint density at radius 3 is 2.22 bits per heavy atom. The Morgan fingerprint density at radius 1 is 0.844 bits per heavy atom. The van der Waals surface area contributed by atoms with Gasteiger partial charge >= 0.3 is 0 Å². The number of halogens is 1. The fraction of sp³-hybridized carbons (Fsp3) is 0.167. The number of rotatable bonds is 9. The van der Waals surface area contributed by atoms with Crippen molar-refractivity contribution in [1.82, 2.24) is 10.9 Å². The van der Waals surface area contributed by atoms with Gasteiger partial charge in [0, 0.05) is 10.6 Å². The predicted octanol–water partition coefficient (Wildman–Crippen LogP) is 4.16. The minimum atomic E-state index is -0.422. The molecular weight excluding hydrogens is 432 g/mol. The normalized spacial score (nSPS) is 10.2. The predicted molar refractivity (Wildman–Crippen MR) is 121 cm³/mol. The van der Waals surface area contributed by atoms with E-state index in [1.807, 2.05) is 12.1 Å². The average molecular weight is 455 g/mol. The molecule has 0 saturated heterocycles. The number of amides is 2. The number of hydrogen-bond donors (Lipinski definition) is 2. The van der Waals surface area contributed by atoms with E-state index in [1.54, 1.807) is 67.8 Å². The molecule has 2 N–H and O–H groups in total. The molecule has 3 aromatic carbocycles. The minimum Gasteiger partial charge on any atom is -0.493 e. The molecule has 2 amide bonds. The minimum absolute atomic E-state index is 0.0688. The summed E-state index contributed by atoms with van der Waals surface area (Å²) < 4.78 is 16.4. The maximum atomic E-state index is 12.2. The van der Waals surface area contributed by atoms with E-state index in [-0.39, 0.29) is 18.9 Å². The van der Waals surface area contributed by atoms with E-state index in [9.17, 15) is 9.59 Å². The first-order valence-electron chi connectivity index (χ1n) is 9.87. The van der Waals surface area contributed by atoms with Crippen molar-refractivity contribution in [3.05, 3.63) is 88.9 Å². The van der Waals surface area contributed by atoms with E-state index in [2.05, 4.69) is 10.9 Å². The second-order valence-electron chi connectivity index (χ2n) is 6.69. The second kappa shape index (κ2) is 11.6. The highest BCUT2D eigenvalue weighted by atomic mass is 35.5. The molecule has 0 heterocycles. The van der Waals surface area contributed by atoms with Crippen molar-refractivity contribution in [3.63, 3.8) is 0 Å². The average Bonchev–Trinajstić information content (AvgIpc) is 2.83. The molecule has 0 aliphatic rings. The van der Waals surface area contributed by atoms with Gasteiger partial charge in [-0.25, -0.2) is 0 Å². The van der Waals surface area contributed by atoms with Crippen LogP contribution in [-0.4, -0.2) is 25.5 Å². The first-order valence-corrected chi connectivity index (χ1v) is 10.3. The van der Waals surface area contributed by atoms with E-state index >= 15 is 0 Å². The number of hydrazine groups is 1. The van der Waals surface area contributed by atoms with Crippen molar-refractivity contribution in [2.75, 3.05) is 13.7 Å². The first kappa shape index (κ1) is 23.0. The standard InChI is InChI=1S/C24H23ClN2O5/c1-30-21-4-2-3-5-22(21)31-15-14-23(28)26-27-24(29)18-8-6-17(7-9-18)16-32-20-12-10-19(25)11-13-20/h2-13H,14-16H2,1H3,(H,26,28)(H,27,29). The molecule has 0 spiro atoms. The summed E-state index contributed by atoms with van der Waals surface area (Å²) in [5.74, 6) is 1.04. The van der Waals surface area contributed by atoms with Crippen molar-refractivity contribution in [2.24, 2.45) is 0 Å². The quantitative estimate of drug-likeness (QED) is 0.474. The number of methoxy groups -OCH3 is 1. The Bertz CT molecular complexity index is 1040. The molecule has 166 valence electrons. The molecule has 0 radical (unpaired) electrons. The largest absolute Gasteiger partial charge is 0.493 e. The van der Waals surface area contributed by atoms with Gasteiger partial charge in [0.1, 0.15) is 12.4 Å². The molecule has 0 atom stereocenters. The number of nitrogens with one attached hydrogen (secondary N) is 2. The van der Waals surface area contributed by atoms with Gasteiger partial charge in [-0.15, -0.1) is 0 Å². The lowest BCUT2D eigenvalue weighted by atomic mass is 10.1. The Hall–Kier alpha value is -3.71. The monoisotopic (exact) mass is 454 g/mol. The van der Waals surface area contributed by atoms with Gasteiger partial charge < -0.3 is 14.2 Å². The zero-order chi connectivity index (χ0) is 22.8. The maximum Gasteiger partial charge on any atom is 0.269 e. The van der Waals surface area contributed by atoms with Gasteiger partial charge in [-0.05, 0) is 54.1 Å². The zero-order valence-electron chi connectivity index (χ0n) is 17.5. The number of benzene rings is 3. The van der Waals surface area contributed by atoms with Crippen molar-refractivity contribution < 1.29 is 23.8 Å². The lowest BCUT2D eigenvalue weighted by molar-refractivity contribution is -0.122. The van der Waals surface area contributed by atoms with Gasteiger partial charge in [-0.1, -0.05) is 35.9 Å². The highest BCUT2D eigenvalue weighted by Crippen LogP contribution is 2.25. The Kier molecular flexibility index (Phi) is 8.34. The van der Waals surface area contributed by atoms with Crippen LogP contribution in [0.2, 0.25) is 5.02 Å². The zero-order valence-corrected chi connectivity index (χ0v) is 18.2. The molecule has 8 heteroatoms. The molecule has 0 aliphatic carbocycles. The van der Waals surface area contributed by atoms with Crippen LogP contribution in [0, 0.1) is 0 Å². The Morgan fingerprint density at radius 2 is 1.53 bits per heavy atom. The summed E-state index contributed by atoms with van der Waals surface area (Å²) >= 11 is 5.85. The van der Waals surface area contributed by atoms with Crippen molar-refractivity contribution in [3.8, 4) is 17.2 Å². The van der Waals surface area contributed by atoms with Crippen LogP contribution < -0.4 is 25.1 Å². The summed E-state index contributed by atoms with van der Waals surface area (Å²) in [6, 6.07) is 21.1. The highest BCUT2D eigenvalue weighted by Gasteiger charge is 2.09. The molecule has 7 nitrogen and oxygen atoms in total. The molecule has 0 aliphatic heterocycles. The SMILES string of the molecule is COc1ccccc1OCCC(=O)NNC(=O)c1ccc(COc2ccc(Cl)cc2)cc1. The molecule has 0 bridgehead atoms. The number of carbonyl (C=O) groups is 2. The molecule has 0 aromatic heterocycles. The van der Waals surface area contributed by atoms with E-state index in [4.69, 9.17) is 25.8 Å². The van der Waals surface area contributed by atoms with Crippen LogP contribution in [0.1, 0.15) is 22.3 Å². The van der Waals surface area contributed by atoms with Gasteiger partial charge in [-0.3, -0.25) is 20.4 Å². The first-order chi connectivity index (χ1) is 15.5. The third-order valence-corrected chi connectivity index (χ3v) is 4.66. The van der Waals surface area contributed by atoms with Crippen LogP contribution in [0.15, 0.2) is 72.8 Å². The summed E-state index contributed by atoms with van der Waals surface area (Å²) in [4.78, 5) is 24.2. The molecule has 3 rings (SSSR count). The summed E-state index contributed by atoms with van der Waals surface area (Å²) in [7, 11) is 1.55. The van der Waals surface area contributed by atoms with Crippen LogP contribution in [0.5, 0.6) is 17.2 Å². The maximum absolute atomic E-state index is 12.2. The number of carbonyl (C=O) groups excluding carboxylic acids is 2. The fourth-order valence-electron chi connectivity index (χ4n) is 2.70. The van der Waals surface area contributed by atoms with Gasteiger partial charge in [-0.2, -0.15) is 0 Å². The Labute approximate surface area is 191 Å². The van der Waals surface area contributed by atoms with Crippen LogP contribution >= 0.6 is 11.6 Å². The van der Waals surface area contributed by atoms with Crippen molar-refractivity contribution in [1.29, 1.82) is 0 Å². The Balaban J connectivity index is 1.39. The summed E-state index contributed by atoms with van der Waals surface area (Å²) in [5, 5.41) is 0.642. The molecule has 32 heavy (non-hydrogen) atoms. The second-order valence-corrected chi connectivity index (χ2v) is 7.13. The van der Waals surface area contributed by atoms with E-state index in [0.29, 0.717) is 34.4 Å². The third kappa shape index (κ3) is 6.92. The van der Waals surface area contributed by atoms with E-state index in [1.165, 1.54) is 0 Å². The topological polar surface area (TPSA) is 85.9 Å². The van der Waals surface area contributed by atoms with Crippen LogP contribution in [0.25, 0.3) is 0 Å². The number of ether oxygens (including phenoxy) is 3. The lowest BCUT2D eigenvalue weighted by Gasteiger charge is -2.11. The molecule has 0 saturated carbocycles. The lowest BCUT2D eigenvalue weighted by Crippen LogP contribution is -2.42. The molecule has 3 aromatic rings. The van der Waals surface area contributed by atoms with E-state index < -0.39 is 5.91 Å². The fourth-order valence-corrected chi connectivity index (χ4v) is 2.83. The summed E-state index contributed by atoms with van der Waals surface area (Å²) in [6.45, 7) is 0.497. The van der Waals surface area contributed by atoms with Crippen LogP contribution in [0.4, 0.5) is 0 Å². The van der Waals surface area contributed by atoms with Crippen molar-refractivity contribution >= 4 is 23.4 Å². The van der Waals surface area contributed by atoms with Gasteiger partial charge in [0.25, 0.3) is 5.91 Å². The molecule has 0 unspecified atom stereocenters. The van der Waals surface area contributed by atoms with Crippen LogP contribution in [-0.2, 0) is 11.4 Å². The number of para-hydroxylation sites is 2. The summed E-state index contributed by atoms with van der Waals surface area (Å²) in [5.41, 5.74) is 6.07. The van der Waals surface area contributed by atoms with Crippen molar-refractivity contribution in [2.45, 2.75) is 13.0 Å². The highest BCUT2D eigenvalue weighted by molar-refractivity contribution is 6.30.